The molecule has 0 fully saturated rings. The molecule has 1 N–H and O–H groups in total. The summed E-state index contributed by atoms with van der Waals surface area (Å²) < 4.78 is 10.7. The van der Waals surface area contributed by atoms with Gasteiger partial charge in [-0.3, -0.25) is 10.1 Å². The Labute approximate surface area is 158 Å². The summed E-state index contributed by atoms with van der Waals surface area (Å²) >= 11 is 1.31. The first kappa shape index (κ1) is 15.8. The van der Waals surface area contributed by atoms with E-state index in [2.05, 4.69) is 15.5 Å². The number of carbonyl (C=O) groups excluding carboxylic acids is 1. The van der Waals surface area contributed by atoms with Crippen LogP contribution in [0.15, 0.2) is 60.7 Å². The molecule has 3 aromatic carbocycles. The fourth-order valence-corrected chi connectivity index (χ4v) is 3.74. The van der Waals surface area contributed by atoms with Crippen LogP contribution in [0, 0.1) is 0 Å². The van der Waals surface area contributed by atoms with Gasteiger partial charge in [-0.1, -0.05) is 47.7 Å². The van der Waals surface area contributed by atoms with Gasteiger partial charge in [-0.05, 0) is 35.0 Å². The molecule has 1 aromatic heterocycles. The van der Waals surface area contributed by atoms with Gasteiger partial charge in [-0.2, -0.15) is 0 Å². The maximum atomic E-state index is 12.7. The van der Waals surface area contributed by atoms with Gasteiger partial charge in [0.05, 0.1) is 0 Å². The number of rotatable bonds is 3. The van der Waals surface area contributed by atoms with E-state index in [9.17, 15) is 4.79 Å². The molecule has 0 aliphatic carbocycles. The fourth-order valence-electron chi connectivity index (χ4n) is 3.01. The predicted molar refractivity (Wildman–Crippen MR) is 103 cm³/mol. The topological polar surface area (TPSA) is 73.3 Å². The lowest BCUT2D eigenvalue weighted by Crippen LogP contribution is -2.12. The predicted octanol–water partition coefficient (Wildman–Crippen LogP) is 4.34. The molecule has 7 heteroatoms. The number of fused-ring (bicyclic) bond motifs is 2. The Morgan fingerprint density at radius 2 is 1.81 bits per heavy atom. The van der Waals surface area contributed by atoms with Crippen LogP contribution < -0.4 is 14.8 Å². The monoisotopic (exact) mass is 375 g/mol. The minimum atomic E-state index is -0.208. The molecular formula is C20H13N3O3S. The highest BCUT2D eigenvalue weighted by atomic mass is 32.1. The van der Waals surface area contributed by atoms with E-state index >= 15 is 0 Å². The number of hydrogen-bond donors (Lipinski definition) is 1. The highest BCUT2D eigenvalue weighted by Gasteiger charge is 2.17. The molecular weight excluding hydrogens is 362 g/mol. The molecule has 1 aliphatic heterocycles. The summed E-state index contributed by atoms with van der Waals surface area (Å²) in [6, 6.07) is 19.0. The highest BCUT2D eigenvalue weighted by Crippen LogP contribution is 2.37. The second-order valence-corrected chi connectivity index (χ2v) is 6.94. The smallest absolute Gasteiger partial charge is 0.258 e. The Bertz CT molecular complexity index is 1170. The lowest BCUT2D eigenvalue weighted by atomic mass is 10.0. The third kappa shape index (κ3) is 2.88. The second-order valence-electron chi connectivity index (χ2n) is 5.96. The third-order valence-electron chi connectivity index (χ3n) is 4.30. The first-order chi connectivity index (χ1) is 13.3. The van der Waals surface area contributed by atoms with Gasteiger partial charge in [0.1, 0.15) is 5.01 Å². The summed E-state index contributed by atoms with van der Waals surface area (Å²) in [5.41, 5.74) is 1.47. The zero-order chi connectivity index (χ0) is 18.2. The molecule has 4 aromatic rings. The summed E-state index contributed by atoms with van der Waals surface area (Å²) in [6.45, 7) is 0.223. The van der Waals surface area contributed by atoms with E-state index in [1.54, 1.807) is 6.07 Å². The van der Waals surface area contributed by atoms with Gasteiger partial charge in [-0.15, -0.1) is 10.2 Å². The van der Waals surface area contributed by atoms with Crippen molar-refractivity contribution in [1.29, 1.82) is 0 Å². The van der Waals surface area contributed by atoms with Crippen LogP contribution in [0.25, 0.3) is 21.3 Å². The molecule has 0 saturated heterocycles. The Kier molecular flexibility index (Phi) is 3.72. The van der Waals surface area contributed by atoms with E-state index < -0.39 is 0 Å². The number of aromatic nitrogens is 2. The van der Waals surface area contributed by atoms with Crippen molar-refractivity contribution in [2.45, 2.75) is 0 Å². The molecule has 5 rings (SSSR count). The lowest BCUT2D eigenvalue weighted by Gasteiger charge is -2.05. The van der Waals surface area contributed by atoms with Gasteiger partial charge in [0.25, 0.3) is 5.91 Å². The molecule has 27 heavy (non-hydrogen) atoms. The molecule has 2 heterocycles. The van der Waals surface area contributed by atoms with Crippen LogP contribution in [0.4, 0.5) is 5.13 Å². The van der Waals surface area contributed by atoms with Crippen LogP contribution in [0.5, 0.6) is 11.5 Å². The molecule has 0 radical (unpaired) electrons. The van der Waals surface area contributed by atoms with Gasteiger partial charge >= 0.3 is 0 Å². The average Bonchev–Trinajstić information content (AvgIpc) is 3.36. The molecule has 0 atom stereocenters. The number of benzene rings is 3. The molecule has 0 saturated carbocycles. The molecule has 1 aliphatic rings. The number of amides is 1. The van der Waals surface area contributed by atoms with Crippen molar-refractivity contribution in [3.63, 3.8) is 0 Å². The van der Waals surface area contributed by atoms with Gasteiger partial charge < -0.3 is 9.47 Å². The molecule has 1 amide bonds. The van der Waals surface area contributed by atoms with Crippen LogP contribution in [0.2, 0.25) is 0 Å². The Morgan fingerprint density at radius 1 is 0.963 bits per heavy atom. The molecule has 0 spiro atoms. The normalized spacial score (nSPS) is 12.3. The molecule has 0 unspecified atom stereocenters. The van der Waals surface area contributed by atoms with Crippen molar-refractivity contribution in [1.82, 2.24) is 10.2 Å². The van der Waals surface area contributed by atoms with Gasteiger partial charge in [0.2, 0.25) is 11.9 Å². The highest BCUT2D eigenvalue weighted by molar-refractivity contribution is 7.18. The van der Waals surface area contributed by atoms with E-state index in [-0.39, 0.29) is 12.7 Å². The van der Waals surface area contributed by atoms with Crippen molar-refractivity contribution in [2.75, 3.05) is 12.1 Å². The zero-order valence-corrected chi connectivity index (χ0v) is 14.8. The minimum Gasteiger partial charge on any atom is -0.454 e. The summed E-state index contributed by atoms with van der Waals surface area (Å²) in [7, 11) is 0. The van der Waals surface area contributed by atoms with Crippen molar-refractivity contribution >= 4 is 33.1 Å². The number of ether oxygens (including phenoxy) is 2. The Morgan fingerprint density at radius 3 is 2.78 bits per heavy atom. The largest absolute Gasteiger partial charge is 0.454 e. The van der Waals surface area contributed by atoms with Crippen molar-refractivity contribution in [3.8, 4) is 22.1 Å². The summed E-state index contributed by atoms with van der Waals surface area (Å²) in [5.74, 6) is 1.19. The fraction of sp³-hybridized carbons (Fsp3) is 0.0500. The molecule has 0 bridgehead atoms. The van der Waals surface area contributed by atoms with Crippen LogP contribution in [-0.4, -0.2) is 22.9 Å². The first-order valence-corrected chi connectivity index (χ1v) is 9.12. The molecule has 6 nitrogen and oxygen atoms in total. The first-order valence-electron chi connectivity index (χ1n) is 8.30. The van der Waals surface area contributed by atoms with Crippen LogP contribution >= 0.6 is 11.3 Å². The third-order valence-corrected chi connectivity index (χ3v) is 5.19. The average molecular weight is 375 g/mol. The standard InChI is InChI=1S/C20H13N3O3S/c24-18(15-7-3-5-12-4-1-2-6-14(12)15)21-20-23-22-19(27-20)13-8-9-16-17(10-13)26-11-25-16/h1-10H,11H2,(H,21,23,24). The van der Waals surface area contributed by atoms with E-state index in [0.717, 1.165) is 16.3 Å². The van der Waals surface area contributed by atoms with Gasteiger partial charge in [0.15, 0.2) is 11.5 Å². The minimum absolute atomic E-state index is 0.208. The number of nitrogens with zero attached hydrogens (tertiary/aromatic N) is 2. The lowest BCUT2D eigenvalue weighted by molar-refractivity contribution is 0.102. The van der Waals surface area contributed by atoms with Crippen molar-refractivity contribution < 1.29 is 14.3 Å². The quantitative estimate of drug-likeness (QED) is 0.577. The van der Waals surface area contributed by atoms with Crippen LogP contribution in [0.1, 0.15) is 10.4 Å². The summed E-state index contributed by atoms with van der Waals surface area (Å²) in [6.07, 6.45) is 0. The van der Waals surface area contributed by atoms with E-state index in [0.29, 0.717) is 27.2 Å². The van der Waals surface area contributed by atoms with Crippen molar-refractivity contribution in [3.05, 3.63) is 66.2 Å². The van der Waals surface area contributed by atoms with E-state index in [1.165, 1.54) is 11.3 Å². The Balaban J connectivity index is 1.41. The second kappa shape index (κ2) is 6.37. The number of anilines is 1. The number of nitrogens with one attached hydrogen (secondary N) is 1. The van der Waals surface area contributed by atoms with Crippen LogP contribution in [0.3, 0.4) is 0 Å². The van der Waals surface area contributed by atoms with E-state index in [4.69, 9.17) is 9.47 Å². The number of hydrogen-bond acceptors (Lipinski definition) is 6. The zero-order valence-electron chi connectivity index (χ0n) is 14.0. The maximum Gasteiger partial charge on any atom is 0.258 e. The van der Waals surface area contributed by atoms with Gasteiger partial charge in [-0.25, -0.2) is 0 Å². The van der Waals surface area contributed by atoms with Gasteiger partial charge in [0, 0.05) is 11.1 Å². The summed E-state index contributed by atoms with van der Waals surface area (Å²) in [4.78, 5) is 12.7. The number of carbonyl (C=O) groups is 1. The molecule has 132 valence electrons. The maximum absolute atomic E-state index is 12.7. The van der Waals surface area contributed by atoms with Crippen LogP contribution in [-0.2, 0) is 0 Å². The van der Waals surface area contributed by atoms with Crippen molar-refractivity contribution in [2.24, 2.45) is 0 Å². The Hall–Kier alpha value is -3.45. The summed E-state index contributed by atoms with van der Waals surface area (Å²) in [5, 5.41) is 14.2. The van der Waals surface area contributed by atoms with E-state index in [1.807, 2.05) is 54.6 Å². The SMILES string of the molecule is O=C(Nc1nnc(-c2ccc3c(c2)OCO3)s1)c1cccc2ccccc12.